The molecule has 1 aliphatic rings. The fraction of sp³-hybridized carbons (Fsp3) is 0.185. The number of anilines is 1. The first-order valence-corrected chi connectivity index (χ1v) is 10.6. The molecule has 0 spiro atoms. The van der Waals surface area contributed by atoms with Crippen LogP contribution in [0.3, 0.4) is 0 Å². The van der Waals surface area contributed by atoms with E-state index >= 15 is 0 Å². The van der Waals surface area contributed by atoms with Crippen LogP contribution in [0.1, 0.15) is 36.6 Å². The third kappa shape index (κ3) is 4.02. The highest BCUT2D eigenvalue weighted by Crippen LogP contribution is 2.42. The number of hydrogen-bond acceptors (Lipinski definition) is 4. The van der Waals surface area contributed by atoms with Crippen molar-refractivity contribution < 1.29 is 19.4 Å². The van der Waals surface area contributed by atoms with Crippen molar-refractivity contribution in [3.8, 4) is 5.75 Å². The van der Waals surface area contributed by atoms with Crippen molar-refractivity contribution in [1.29, 1.82) is 0 Å². The maximum atomic E-state index is 13.1. The summed E-state index contributed by atoms with van der Waals surface area (Å²) in [6, 6.07) is 22.8. The summed E-state index contributed by atoms with van der Waals surface area (Å²) >= 11 is 0. The van der Waals surface area contributed by atoms with Gasteiger partial charge < -0.3 is 9.84 Å². The number of hydrogen-bond donors (Lipinski definition) is 1. The third-order valence-electron chi connectivity index (χ3n) is 5.37. The Morgan fingerprint density at radius 1 is 0.906 bits per heavy atom. The van der Waals surface area contributed by atoms with Gasteiger partial charge in [-0.25, -0.2) is 0 Å². The summed E-state index contributed by atoms with van der Waals surface area (Å²) < 4.78 is 5.66. The van der Waals surface area contributed by atoms with Crippen LogP contribution in [0.4, 0.5) is 5.69 Å². The van der Waals surface area contributed by atoms with E-state index in [9.17, 15) is 14.7 Å². The minimum absolute atomic E-state index is 0.0207. The Bertz CT molecular complexity index is 1160. The summed E-state index contributed by atoms with van der Waals surface area (Å²) in [5, 5.41) is 11.2. The van der Waals surface area contributed by atoms with Gasteiger partial charge in [0.05, 0.1) is 17.7 Å². The molecule has 0 bridgehead atoms. The molecule has 1 saturated heterocycles. The highest BCUT2D eigenvalue weighted by atomic mass is 16.5. The Hall–Kier alpha value is -3.86. The number of aliphatic hydroxyl groups excluding tert-OH is 1. The van der Waals surface area contributed by atoms with Gasteiger partial charge >= 0.3 is 0 Å². The predicted octanol–water partition coefficient (Wildman–Crippen LogP) is 5.41. The fourth-order valence-electron chi connectivity index (χ4n) is 3.87. The maximum Gasteiger partial charge on any atom is 0.300 e. The van der Waals surface area contributed by atoms with E-state index in [1.54, 1.807) is 24.3 Å². The van der Waals surface area contributed by atoms with E-state index in [0.717, 1.165) is 11.1 Å². The molecule has 1 aliphatic heterocycles. The number of nitrogens with zero attached hydrogens (tertiary/aromatic N) is 1. The molecule has 0 aromatic heterocycles. The van der Waals surface area contributed by atoms with Gasteiger partial charge in [0.1, 0.15) is 11.5 Å². The van der Waals surface area contributed by atoms with Crippen molar-refractivity contribution in [2.45, 2.75) is 32.9 Å². The molecule has 1 amide bonds. The zero-order valence-electron chi connectivity index (χ0n) is 18.3. The number of aliphatic hydroxyl groups is 1. The molecular weight excluding hydrogens is 402 g/mol. The Morgan fingerprint density at radius 2 is 1.53 bits per heavy atom. The van der Waals surface area contributed by atoms with E-state index in [2.05, 4.69) is 0 Å². The van der Waals surface area contributed by atoms with Crippen molar-refractivity contribution in [2.75, 3.05) is 4.90 Å². The normalized spacial score (nSPS) is 17.8. The van der Waals surface area contributed by atoms with Crippen LogP contribution in [0, 0.1) is 6.92 Å². The van der Waals surface area contributed by atoms with Crippen LogP contribution in [-0.2, 0) is 9.59 Å². The standard InChI is InChI=1S/C27H25NO4/c1-17(2)32-22-15-11-20(12-16-22)25(29)23-24(19-7-5-4-6-8-19)28(27(31)26(23)30)21-13-9-18(3)10-14-21/h4-17,24,29H,1-3H3/b25-23+. The van der Waals surface area contributed by atoms with Gasteiger partial charge in [0, 0.05) is 11.3 Å². The van der Waals surface area contributed by atoms with Crippen LogP contribution in [0.2, 0.25) is 0 Å². The van der Waals surface area contributed by atoms with Crippen molar-refractivity contribution in [3.05, 3.63) is 101 Å². The maximum absolute atomic E-state index is 13.1. The average Bonchev–Trinajstić information content (AvgIpc) is 3.05. The van der Waals surface area contributed by atoms with Crippen LogP contribution >= 0.6 is 0 Å². The molecule has 5 nitrogen and oxygen atoms in total. The minimum Gasteiger partial charge on any atom is -0.507 e. The second kappa shape index (κ2) is 8.71. The van der Waals surface area contributed by atoms with Gasteiger partial charge in [-0.15, -0.1) is 0 Å². The number of rotatable bonds is 5. The number of carbonyl (C=O) groups is 2. The average molecular weight is 428 g/mol. The molecular formula is C27H25NO4. The first-order chi connectivity index (χ1) is 15.4. The molecule has 3 aromatic carbocycles. The number of ketones is 1. The number of Topliss-reactive ketones (excluding diaryl/α,β-unsaturated/α-hetero) is 1. The summed E-state index contributed by atoms with van der Waals surface area (Å²) in [7, 11) is 0. The second-order valence-corrected chi connectivity index (χ2v) is 8.11. The summed E-state index contributed by atoms with van der Waals surface area (Å²) in [6.07, 6.45) is 0.0207. The molecule has 1 N–H and O–H groups in total. The predicted molar refractivity (Wildman–Crippen MR) is 125 cm³/mol. The van der Waals surface area contributed by atoms with Gasteiger partial charge in [-0.05, 0) is 62.7 Å². The van der Waals surface area contributed by atoms with Crippen LogP contribution in [-0.4, -0.2) is 22.9 Å². The van der Waals surface area contributed by atoms with Crippen LogP contribution in [0.15, 0.2) is 84.4 Å². The zero-order valence-corrected chi connectivity index (χ0v) is 18.3. The largest absolute Gasteiger partial charge is 0.507 e. The van der Waals surface area contributed by atoms with Gasteiger partial charge in [0.15, 0.2) is 0 Å². The summed E-state index contributed by atoms with van der Waals surface area (Å²) in [4.78, 5) is 27.7. The van der Waals surface area contributed by atoms with Gasteiger partial charge in [0.25, 0.3) is 11.7 Å². The quantitative estimate of drug-likeness (QED) is 0.336. The summed E-state index contributed by atoms with van der Waals surface area (Å²) in [5.74, 6) is -0.914. The van der Waals surface area contributed by atoms with E-state index in [1.807, 2.05) is 75.4 Å². The number of aryl methyl sites for hydroxylation is 1. The summed E-state index contributed by atoms with van der Waals surface area (Å²) in [5.41, 5.74) is 2.91. The molecule has 4 rings (SSSR count). The first kappa shape index (κ1) is 21.4. The molecule has 5 heteroatoms. The van der Waals surface area contributed by atoms with E-state index in [0.29, 0.717) is 17.0 Å². The van der Waals surface area contributed by atoms with Gasteiger partial charge in [-0.2, -0.15) is 0 Å². The lowest BCUT2D eigenvalue weighted by Crippen LogP contribution is -2.29. The summed E-state index contributed by atoms with van der Waals surface area (Å²) in [6.45, 7) is 5.82. The highest BCUT2D eigenvalue weighted by molar-refractivity contribution is 6.51. The lowest BCUT2D eigenvalue weighted by atomic mass is 9.95. The Kier molecular flexibility index (Phi) is 5.82. The topological polar surface area (TPSA) is 66.8 Å². The molecule has 162 valence electrons. The molecule has 32 heavy (non-hydrogen) atoms. The molecule has 1 unspecified atom stereocenters. The molecule has 1 heterocycles. The number of carbonyl (C=O) groups excluding carboxylic acids is 2. The van der Waals surface area contributed by atoms with Crippen LogP contribution in [0.5, 0.6) is 5.75 Å². The van der Waals surface area contributed by atoms with E-state index < -0.39 is 17.7 Å². The molecule has 0 radical (unpaired) electrons. The van der Waals surface area contributed by atoms with Gasteiger partial charge in [-0.3, -0.25) is 14.5 Å². The van der Waals surface area contributed by atoms with E-state index in [1.165, 1.54) is 4.90 Å². The Labute approximate surface area is 187 Å². The van der Waals surface area contributed by atoms with Crippen molar-refractivity contribution in [3.63, 3.8) is 0 Å². The van der Waals surface area contributed by atoms with Gasteiger partial charge in [-0.1, -0.05) is 48.0 Å². The Balaban J connectivity index is 1.84. The van der Waals surface area contributed by atoms with E-state index in [-0.39, 0.29) is 17.4 Å². The first-order valence-electron chi connectivity index (χ1n) is 10.6. The third-order valence-corrected chi connectivity index (χ3v) is 5.37. The van der Waals surface area contributed by atoms with Crippen LogP contribution in [0.25, 0.3) is 5.76 Å². The minimum atomic E-state index is -0.731. The zero-order chi connectivity index (χ0) is 22.8. The number of benzene rings is 3. The van der Waals surface area contributed by atoms with Crippen LogP contribution < -0.4 is 9.64 Å². The lowest BCUT2D eigenvalue weighted by molar-refractivity contribution is -0.132. The second-order valence-electron chi connectivity index (χ2n) is 8.11. The fourth-order valence-corrected chi connectivity index (χ4v) is 3.87. The molecule has 3 aromatic rings. The van der Waals surface area contributed by atoms with Crippen molar-refractivity contribution >= 4 is 23.1 Å². The Morgan fingerprint density at radius 3 is 2.12 bits per heavy atom. The van der Waals surface area contributed by atoms with Crippen molar-refractivity contribution in [2.24, 2.45) is 0 Å². The molecule has 1 fully saturated rings. The van der Waals surface area contributed by atoms with Crippen molar-refractivity contribution in [1.82, 2.24) is 0 Å². The lowest BCUT2D eigenvalue weighted by Gasteiger charge is -2.25. The SMILES string of the molecule is Cc1ccc(N2C(=O)C(=O)/C(=C(/O)c3ccc(OC(C)C)cc3)C2c2ccccc2)cc1. The highest BCUT2D eigenvalue weighted by Gasteiger charge is 2.46. The smallest absolute Gasteiger partial charge is 0.300 e. The van der Waals surface area contributed by atoms with Gasteiger partial charge in [0.2, 0.25) is 0 Å². The number of ether oxygens (including phenoxy) is 1. The molecule has 1 atom stereocenters. The monoisotopic (exact) mass is 427 g/mol. The molecule has 0 saturated carbocycles. The van der Waals surface area contributed by atoms with E-state index in [4.69, 9.17) is 4.74 Å². The number of amides is 1. The molecule has 0 aliphatic carbocycles.